The van der Waals surface area contributed by atoms with E-state index in [0.717, 1.165) is 27.4 Å². The molecule has 0 fully saturated rings. The summed E-state index contributed by atoms with van der Waals surface area (Å²) >= 11 is 0. The fourth-order valence-corrected chi connectivity index (χ4v) is 4.17. The van der Waals surface area contributed by atoms with Gasteiger partial charge in [0.25, 0.3) is 5.91 Å². The Balaban J connectivity index is 1.59. The highest BCUT2D eigenvalue weighted by Gasteiger charge is 2.34. The van der Waals surface area contributed by atoms with Gasteiger partial charge in [0.1, 0.15) is 18.4 Å². The van der Waals surface area contributed by atoms with Gasteiger partial charge in [0.2, 0.25) is 11.7 Å². The third kappa shape index (κ3) is 6.87. The minimum Gasteiger partial charge on any atom is -0.354 e. The minimum absolute atomic E-state index is 0.0674. The zero-order valence-electron chi connectivity index (χ0n) is 21.5. The average molecular weight is 555 g/mol. The minimum atomic E-state index is -4.66. The van der Waals surface area contributed by atoms with Crippen molar-refractivity contribution in [2.75, 3.05) is 11.4 Å². The van der Waals surface area contributed by atoms with Crippen molar-refractivity contribution in [1.29, 1.82) is 0 Å². The molecule has 1 aromatic heterocycles. The van der Waals surface area contributed by atoms with Gasteiger partial charge < -0.3 is 5.32 Å². The van der Waals surface area contributed by atoms with Gasteiger partial charge in [0.15, 0.2) is 0 Å². The van der Waals surface area contributed by atoms with Crippen LogP contribution in [-0.2, 0) is 28.7 Å². The molecule has 40 heavy (non-hydrogen) atoms. The van der Waals surface area contributed by atoms with Crippen molar-refractivity contribution in [2.24, 2.45) is 0 Å². The molecule has 0 saturated carbocycles. The lowest BCUT2D eigenvalue weighted by atomic mass is 10.1. The molecule has 1 heterocycles. The lowest BCUT2D eigenvalue weighted by Crippen LogP contribution is -2.51. The first-order valence-corrected chi connectivity index (χ1v) is 12.5. The van der Waals surface area contributed by atoms with Crippen molar-refractivity contribution in [3.8, 4) is 11.4 Å². The largest absolute Gasteiger partial charge is 0.416 e. The van der Waals surface area contributed by atoms with E-state index in [-0.39, 0.29) is 30.0 Å². The number of amides is 2. The van der Waals surface area contributed by atoms with Crippen molar-refractivity contribution in [3.05, 3.63) is 95.8 Å². The highest BCUT2D eigenvalue weighted by Crippen LogP contribution is 2.32. The van der Waals surface area contributed by atoms with Crippen LogP contribution in [0.1, 0.15) is 24.5 Å². The van der Waals surface area contributed by atoms with E-state index in [9.17, 15) is 27.2 Å². The van der Waals surface area contributed by atoms with Gasteiger partial charge >= 0.3 is 6.18 Å². The summed E-state index contributed by atoms with van der Waals surface area (Å²) < 4.78 is 54.7. The maximum absolute atomic E-state index is 14.2. The van der Waals surface area contributed by atoms with Crippen LogP contribution in [0.25, 0.3) is 11.4 Å². The zero-order chi connectivity index (χ0) is 28.7. The molecule has 4 rings (SSSR count). The molecule has 0 radical (unpaired) electrons. The Kier molecular flexibility index (Phi) is 8.87. The summed E-state index contributed by atoms with van der Waals surface area (Å²) in [5.74, 6) is -1.93. The number of carbonyl (C=O) groups is 2. The molecule has 3 aromatic carbocycles. The number of nitrogens with one attached hydrogen (secondary N) is 1. The van der Waals surface area contributed by atoms with E-state index >= 15 is 0 Å². The van der Waals surface area contributed by atoms with Gasteiger partial charge in [0, 0.05) is 12.2 Å². The maximum Gasteiger partial charge on any atom is 0.416 e. The number of hydrogen-bond donors (Lipinski definition) is 1. The number of hydrogen-bond acceptors (Lipinski definition) is 5. The molecule has 208 valence electrons. The van der Waals surface area contributed by atoms with Gasteiger partial charge in [-0.05, 0) is 54.0 Å². The first-order chi connectivity index (χ1) is 19.2. The van der Waals surface area contributed by atoms with Crippen molar-refractivity contribution in [2.45, 2.75) is 38.5 Å². The van der Waals surface area contributed by atoms with Gasteiger partial charge in [-0.25, -0.2) is 4.39 Å². The fraction of sp³-hybridized carbons (Fsp3) is 0.250. The molecule has 4 aromatic rings. The van der Waals surface area contributed by atoms with Crippen LogP contribution in [0.4, 0.5) is 23.2 Å². The number of aromatic nitrogens is 4. The van der Waals surface area contributed by atoms with Crippen LogP contribution in [-0.4, -0.2) is 44.6 Å². The molecule has 0 bridgehead atoms. The van der Waals surface area contributed by atoms with E-state index in [4.69, 9.17) is 0 Å². The summed E-state index contributed by atoms with van der Waals surface area (Å²) in [7, 11) is 0. The lowest BCUT2D eigenvalue weighted by molar-refractivity contribution is -0.137. The van der Waals surface area contributed by atoms with Crippen molar-refractivity contribution in [3.63, 3.8) is 0 Å². The first kappa shape index (κ1) is 28.4. The molecule has 0 saturated heterocycles. The predicted octanol–water partition coefficient (Wildman–Crippen LogP) is 4.67. The Hall–Kier alpha value is -4.61. The quantitative estimate of drug-likeness (QED) is 0.288. The van der Waals surface area contributed by atoms with Crippen LogP contribution in [0.5, 0.6) is 0 Å². The molecule has 1 atom stereocenters. The molecule has 0 spiro atoms. The van der Waals surface area contributed by atoms with Crippen LogP contribution in [0.3, 0.4) is 0 Å². The highest BCUT2D eigenvalue weighted by molar-refractivity contribution is 6.00. The molecule has 0 aliphatic carbocycles. The van der Waals surface area contributed by atoms with E-state index in [1.165, 1.54) is 30.3 Å². The highest BCUT2D eigenvalue weighted by atomic mass is 19.4. The molecule has 0 aliphatic rings. The van der Waals surface area contributed by atoms with Crippen LogP contribution < -0.4 is 10.2 Å². The molecule has 1 N–H and O–H groups in total. The second-order valence-corrected chi connectivity index (χ2v) is 8.89. The van der Waals surface area contributed by atoms with E-state index in [1.807, 2.05) is 30.3 Å². The summed E-state index contributed by atoms with van der Waals surface area (Å²) in [6.07, 6.45) is -4.01. The summed E-state index contributed by atoms with van der Waals surface area (Å²) in [6.45, 7) is 1.37. The standard InChI is InChI=1S/C28H26F4N6O2/c1-2-24(27(40)33-16-15-19-9-4-3-5-10-19)38(21-12-8-11-20(17-21)28(30,31)32)25(39)18-37-35-26(34-36-37)22-13-6-7-14-23(22)29/h3-14,17,24H,2,15-16,18H2,1H3,(H,33,40)/t24-/m1/s1. The number of rotatable bonds is 10. The Labute approximate surface area is 227 Å². The third-order valence-corrected chi connectivity index (χ3v) is 6.12. The lowest BCUT2D eigenvalue weighted by Gasteiger charge is -2.30. The third-order valence-electron chi connectivity index (χ3n) is 6.12. The summed E-state index contributed by atoms with van der Waals surface area (Å²) in [6, 6.07) is 18.2. The molecule has 12 heteroatoms. The number of benzene rings is 3. The molecule has 0 aliphatic heterocycles. The van der Waals surface area contributed by atoms with Crippen LogP contribution in [0, 0.1) is 5.82 Å². The molecule has 0 unspecified atom stereocenters. The smallest absolute Gasteiger partial charge is 0.354 e. The number of halogens is 4. The van der Waals surface area contributed by atoms with Crippen LogP contribution >= 0.6 is 0 Å². The van der Waals surface area contributed by atoms with Crippen molar-refractivity contribution in [1.82, 2.24) is 25.5 Å². The molecule has 8 nitrogen and oxygen atoms in total. The zero-order valence-corrected chi connectivity index (χ0v) is 21.5. The second-order valence-electron chi connectivity index (χ2n) is 8.89. The Bertz CT molecular complexity index is 1460. The van der Waals surface area contributed by atoms with Crippen LogP contribution in [0.15, 0.2) is 78.9 Å². The molecular formula is C28H26F4N6O2. The van der Waals surface area contributed by atoms with E-state index in [2.05, 4.69) is 20.7 Å². The summed E-state index contributed by atoms with van der Waals surface area (Å²) in [5.41, 5.74) is -0.0214. The van der Waals surface area contributed by atoms with Crippen molar-refractivity contribution < 1.29 is 27.2 Å². The second kappa shape index (κ2) is 12.5. The first-order valence-electron chi connectivity index (χ1n) is 12.5. The topological polar surface area (TPSA) is 93.0 Å². The number of tetrazole rings is 1. The summed E-state index contributed by atoms with van der Waals surface area (Å²) in [5, 5.41) is 14.4. The monoisotopic (exact) mass is 554 g/mol. The van der Waals surface area contributed by atoms with E-state index in [0.29, 0.717) is 6.42 Å². The van der Waals surface area contributed by atoms with Gasteiger partial charge in [-0.2, -0.15) is 18.0 Å². The van der Waals surface area contributed by atoms with Gasteiger partial charge in [0.05, 0.1) is 11.1 Å². The van der Waals surface area contributed by atoms with Gasteiger partial charge in [-0.1, -0.05) is 55.5 Å². The number of nitrogens with zero attached hydrogens (tertiary/aromatic N) is 5. The van der Waals surface area contributed by atoms with E-state index < -0.39 is 42.0 Å². The number of anilines is 1. The fourth-order valence-electron chi connectivity index (χ4n) is 4.17. The number of alkyl halides is 3. The predicted molar refractivity (Wildman–Crippen MR) is 139 cm³/mol. The van der Waals surface area contributed by atoms with E-state index in [1.54, 1.807) is 13.0 Å². The Morgan fingerprint density at radius 2 is 1.73 bits per heavy atom. The maximum atomic E-state index is 14.2. The Morgan fingerprint density at radius 1 is 1.00 bits per heavy atom. The normalized spacial score (nSPS) is 12.1. The average Bonchev–Trinajstić information content (AvgIpc) is 3.40. The SMILES string of the molecule is CC[C@H](C(=O)NCCc1ccccc1)N(C(=O)Cn1nnc(-c2ccccc2F)n1)c1cccc(C(F)(F)F)c1. The summed E-state index contributed by atoms with van der Waals surface area (Å²) in [4.78, 5) is 28.7. The van der Waals surface area contributed by atoms with Gasteiger partial charge in [-0.3, -0.25) is 14.5 Å². The molecular weight excluding hydrogens is 528 g/mol. The Morgan fingerprint density at radius 3 is 2.42 bits per heavy atom. The van der Waals surface area contributed by atoms with Crippen molar-refractivity contribution >= 4 is 17.5 Å². The van der Waals surface area contributed by atoms with Crippen LogP contribution in [0.2, 0.25) is 0 Å². The van der Waals surface area contributed by atoms with Gasteiger partial charge in [-0.15, -0.1) is 10.2 Å². The number of carbonyl (C=O) groups excluding carboxylic acids is 2. The molecule has 2 amide bonds.